The fourth-order valence-corrected chi connectivity index (χ4v) is 10.1. The summed E-state index contributed by atoms with van der Waals surface area (Å²) >= 11 is 0. The number of anilines is 3. The Labute approximate surface area is 354 Å². The molecule has 11 rings (SSSR count). The number of benzene rings is 8. The molecule has 9 aromatic rings. The number of rotatable bonds is 4. The third-order valence-corrected chi connectivity index (χ3v) is 13.3. The maximum Gasteiger partial charge on any atom is 0.333 e. The van der Waals surface area contributed by atoms with E-state index in [1.54, 1.807) is 0 Å². The highest BCUT2D eigenvalue weighted by Gasteiger charge is 2.44. The third kappa shape index (κ3) is 5.55. The second-order valence-corrected chi connectivity index (χ2v) is 19.0. The lowest BCUT2D eigenvalue weighted by molar-refractivity contribution is 0.590. The van der Waals surface area contributed by atoms with Crippen molar-refractivity contribution in [1.29, 1.82) is 0 Å². The molecule has 0 unspecified atom stereocenters. The summed E-state index contributed by atoms with van der Waals surface area (Å²) in [5, 5.41) is 2.68. The topological polar surface area (TPSA) is 8.17 Å². The minimum atomic E-state index is -0.0505. The highest BCUT2D eigenvalue weighted by molar-refractivity contribution is 6.90. The summed E-state index contributed by atoms with van der Waals surface area (Å²) in [4.78, 5) is 2.55. The highest BCUT2D eigenvalue weighted by atomic mass is 15.2. The van der Waals surface area contributed by atoms with Gasteiger partial charge in [0.15, 0.2) is 0 Å². The number of nitrogens with zero attached hydrogens (tertiary/aromatic N) is 2. The molecule has 0 bridgehead atoms. The van der Waals surface area contributed by atoms with Gasteiger partial charge in [-0.1, -0.05) is 163 Å². The Hall–Kier alpha value is -6.58. The number of hydrogen-bond acceptors (Lipinski definition) is 1. The predicted octanol–water partition coefficient (Wildman–Crippen LogP) is 14.1. The van der Waals surface area contributed by atoms with E-state index in [2.05, 4.69) is 228 Å². The van der Waals surface area contributed by atoms with E-state index in [-0.39, 0.29) is 17.7 Å². The molecule has 1 aromatic heterocycles. The van der Waals surface area contributed by atoms with Gasteiger partial charge in [0.1, 0.15) is 0 Å². The van der Waals surface area contributed by atoms with E-state index in [1.807, 2.05) is 0 Å². The zero-order valence-corrected chi connectivity index (χ0v) is 35.6. The van der Waals surface area contributed by atoms with E-state index in [0.29, 0.717) is 0 Å². The Morgan fingerprint density at radius 3 is 1.65 bits per heavy atom. The fraction of sp³-hybridized carbons (Fsp3) is 0.158. The van der Waals surface area contributed by atoms with Crippen LogP contribution in [0.3, 0.4) is 0 Å². The Bertz CT molecular complexity index is 3150. The molecular formula is C57H49BN2. The van der Waals surface area contributed by atoms with Crippen molar-refractivity contribution in [1.82, 2.24) is 4.48 Å². The summed E-state index contributed by atoms with van der Waals surface area (Å²) in [5.41, 5.74) is 23.0. The Balaban J connectivity index is 1.30. The summed E-state index contributed by atoms with van der Waals surface area (Å²) in [6.45, 7) is 16.4. The number of hydrogen-bond donors (Lipinski definition) is 0. The van der Waals surface area contributed by atoms with Crippen LogP contribution >= 0.6 is 0 Å². The van der Waals surface area contributed by atoms with Crippen LogP contribution in [0.15, 0.2) is 170 Å². The summed E-state index contributed by atoms with van der Waals surface area (Å²) in [7, 11) is 0. The van der Waals surface area contributed by atoms with Crippen LogP contribution in [0.25, 0.3) is 66.3 Å². The smallest absolute Gasteiger partial charge is 0.333 e. The Morgan fingerprint density at radius 1 is 0.450 bits per heavy atom. The van der Waals surface area contributed by atoms with Crippen molar-refractivity contribution in [3.05, 3.63) is 187 Å². The van der Waals surface area contributed by atoms with Crippen molar-refractivity contribution in [2.75, 3.05) is 4.90 Å². The van der Waals surface area contributed by atoms with Crippen LogP contribution < -0.4 is 15.8 Å². The molecule has 60 heavy (non-hydrogen) atoms. The van der Waals surface area contributed by atoms with Gasteiger partial charge in [-0.05, 0) is 133 Å². The van der Waals surface area contributed by atoms with Gasteiger partial charge in [-0.15, -0.1) is 0 Å². The van der Waals surface area contributed by atoms with E-state index < -0.39 is 0 Å². The van der Waals surface area contributed by atoms with Crippen LogP contribution in [0.1, 0.15) is 58.2 Å². The minimum absolute atomic E-state index is 0.0170. The van der Waals surface area contributed by atoms with Crippen LogP contribution in [0.5, 0.6) is 0 Å². The molecule has 3 heteroatoms. The summed E-state index contributed by atoms with van der Waals surface area (Å²) in [5.74, 6) is 0. The van der Waals surface area contributed by atoms with Crippen molar-refractivity contribution in [2.24, 2.45) is 0 Å². The fourth-order valence-electron chi connectivity index (χ4n) is 10.1. The van der Waals surface area contributed by atoms with Crippen molar-refractivity contribution >= 4 is 56.6 Å². The monoisotopic (exact) mass is 772 g/mol. The molecule has 0 atom stereocenters. The van der Waals surface area contributed by atoms with Crippen molar-refractivity contribution in [3.63, 3.8) is 0 Å². The van der Waals surface area contributed by atoms with Crippen molar-refractivity contribution in [2.45, 2.75) is 59.3 Å². The van der Waals surface area contributed by atoms with Gasteiger partial charge in [0.2, 0.25) is 0 Å². The summed E-state index contributed by atoms with van der Waals surface area (Å²) < 4.78 is 2.72. The minimum Gasteiger partial charge on any atom is -0.375 e. The molecule has 0 amide bonds. The van der Waals surface area contributed by atoms with Crippen LogP contribution in [0.2, 0.25) is 0 Å². The molecular weight excluding hydrogens is 723 g/mol. The normalized spacial score (nSPS) is 13.2. The zero-order valence-electron chi connectivity index (χ0n) is 35.6. The van der Waals surface area contributed by atoms with Gasteiger partial charge in [-0.3, -0.25) is 0 Å². The first kappa shape index (κ1) is 36.5. The van der Waals surface area contributed by atoms with Gasteiger partial charge in [0.05, 0.1) is 0 Å². The number of fused-ring (bicyclic) bond motifs is 7. The lowest BCUT2D eigenvalue weighted by Crippen LogP contribution is -2.57. The molecule has 2 nitrogen and oxygen atoms in total. The summed E-state index contributed by atoms with van der Waals surface area (Å²) in [6.07, 6.45) is 0. The average Bonchev–Trinajstić information content (AvgIpc) is 3.59. The van der Waals surface area contributed by atoms with Crippen molar-refractivity contribution < 1.29 is 0 Å². The summed E-state index contributed by atoms with van der Waals surface area (Å²) in [6, 6.07) is 63.8. The van der Waals surface area contributed by atoms with E-state index in [0.717, 1.165) is 5.69 Å². The standard InChI is InChI=1S/C57H49BN2/c1-36-45(40-21-15-10-16-22-40)35-52-54-53(36)48-34-43(57(5,6)7)33-47-46-32-42(56(2,3)4)26-30-50(46)60(55(47)48)58(54)49-31-41(38-19-13-9-14-20-38)25-29-51(49)59(52)44-27-23-39(24-28-44)37-17-11-8-12-18-37/h8-35H,1-7H3. The van der Waals surface area contributed by atoms with Crippen LogP contribution in [-0.2, 0) is 10.8 Å². The second kappa shape index (κ2) is 13.2. The first-order chi connectivity index (χ1) is 29.0. The molecule has 0 N–H and O–H groups in total. The van der Waals surface area contributed by atoms with Crippen LogP contribution in [-0.4, -0.2) is 11.3 Å². The van der Waals surface area contributed by atoms with Crippen molar-refractivity contribution in [3.8, 4) is 44.5 Å². The molecule has 0 saturated heterocycles. The molecule has 2 aliphatic heterocycles. The van der Waals surface area contributed by atoms with Gasteiger partial charge in [0.25, 0.3) is 0 Å². The van der Waals surface area contributed by atoms with Gasteiger partial charge < -0.3 is 9.38 Å². The first-order valence-electron chi connectivity index (χ1n) is 21.5. The maximum atomic E-state index is 2.72. The molecule has 8 aromatic carbocycles. The van der Waals surface area contributed by atoms with E-state index in [1.165, 1.54) is 105 Å². The molecule has 3 heterocycles. The van der Waals surface area contributed by atoms with Gasteiger partial charge in [-0.25, -0.2) is 0 Å². The molecule has 0 aliphatic carbocycles. The highest BCUT2D eigenvalue weighted by Crippen LogP contribution is 2.50. The van der Waals surface area contributed by atoms with Crippen LogP contribution in [0.4, 0.5) is 17.1 Å². The Kier molecular flexibility index (Phi) is 8.04. The zero-order chi connectivity index (χ0) is 41.1. The van der Waals surface area contributed by atoms with Crippen LogP contribution in [0, 0.1) is 6.92 Å². The van der Waals surface area contributed by atoms with E-state index in [4.69, 9.17) is 0 Å². The van der Waals surface area contributed by atoms with Gasteiger partial charge in [-0.2, -0.15) is 0 Å². The molecule has 0 spiro atoms. The largest absolute Gasteiger partial charge is 0.375 e. The SMILES string of the molecule is Cc1c(-c2ccccc2)cc2c3c1-c1cc(C(C)(C)C)cc4c5cc(C(C)(C)C)ccc5n(c14)B3c1cc(-c3ccccc3)ccc1N2c1ccc(-c2ccccc2)cc1. The predicted molar refractivity (Wildman–Crippen MR) is 258 cm³/mol. The average molecular weight is 773 g/mol. The first-order valence-corrected chi connectivity index (χ1v) is 21.5. The Morgan fingerprint density at radius 2 is 1.02 bits per heavy atom. The molecule has 290 valence electrons. The lowest BCUT2D eigenvalue weighted by Gasteiger charge is -2.42. The second-order valence-electron chi connectivity index (χ2n) is 19.0. The van der Waals surface area contributed by atoms with E-state index in [9.17, 15) is 0 Å². The molecule has 2 aliphatic rings. The lowest BCUT2D eigenvalue weighted by atomic mass is 9.44. The number of aromatic nitrogens is 1. The maximum absolute atomic E-state index is 2.72. The molecule has 0 radical (unpaired) electrons. The quantitative estimate of drug-likeness (QED) is 0.162. The molecule has 0 saturated carbocycles. The third-order valence-electron chi connectivity index (χ3n) is 13.3. The molecule has 0 fully saturated rings. The van der Waals surface area contributed by atoms with Gasteiger partial charge >= 0.3 is 6.85 Å². The van der Waals surface area contributed by atoms with E-state index >= 15 is 0 Å². The van der Waals surface area contributed by atoms with Gasteiger partial charge in [0, 0.05) is 44.4 Å².